The lowest BCUT2D eigenvalue weighted by Gasteiger charge is -2.37. The summed E-state index contributed by atoms with van der Waals surface area (Å²) in [7, 11) is 0. The molecule has 6 nitrogen and oxygen atoms in total. The summed E-state index contributed by atoms with van der Waals surface area (Å²) < 4.78 is 0. The molecule has 4 rings (SSSR count). The summed E-state index contributed by atoms with van der Waals surface area (Å²) in [6.45, 7) is 12.0. The van der Waals surface area contributed by atoms with Crippen molar-refractivity contribution in [3.05, 3.63) is 45.9 Å². The summed E-state index contributed by atoms with van der Waals surface area (Å²) in [6.07, 6.45) is 0.600. The number of rotatable bonds is 3. The Hall–Kier alpha value is -2.25. The minimum atomic E-state index is -0.417. The van der Waals surface area contributed by atoms with E-state index in [-0.39, 0.29) is 17.2 Å². The summed E-state index contributed by atoms with van der Waals surface area (Å²) >= 11 is 1.72. The van der Waals surface area contributed by atoms with Gasteiger partial charge in [-0.2, -0.15) is 0 Å². The first kappa shape index (κ1) is 21.0. The molecule has 30 heavy (non-hydrogen) atoms. The van der Waals surface area contributed by atoms with Crippen LogP contribution in [0.15, 0.2) is 29.6 Å². The topological polar surface area (TPSA) is 56.8 Å². The zero-order chi connectivity index (χ0) is 21.5. The predicted octanol–water partition coefficient (Wildman–Crippen LogP) is 3.06. The van der Waals surface area contributed by atoms with E-state index in [1.807, 2.05) is 29.2 Å². The van der Waals surface area contributed by atoms with E-state index in [2.05, 4.69) is 31.1 Å². The predicted molar refractivity (Wildman–Crippen MR) is 120 cm³/mol. The maximum Gasteiger partial charge on any atom is 0.246 e. The molecule has 2 aromatic rings. The highest BCUT2D eigenvalue weighted by atomic mass is 32.1. The molecule has 0 radical (unpaired) electrons. The number of carbonyl (C=O) groups excluding carboxylic acids is 2. The van der Waals surface area contributed by atoms with Crippen LogP contribution in [0.4, 0.5) is 5.69 Å². The fourth-order valence-electron chi connectivity index (χ4n) is 4.26. The molecule has 0 N–H and O–H groups in total. The van der Waals surface area contributed by atoms with E-state index in [0.717, 1.165) is 41.6 Å². The lowest BCUT2D eigenvalue weighted by molar-refractivity contribution is -0.135. The van der Waals surface area contributed by atoms with Crippen LogP contribution < -0.4 is 4.90 Å². The number of amides is 2. The Labute approximate surface area is 182 Å². The van der Waals surface area contributed by atoms with Gasteiger partial charge in [0.05, 0.1) is 10.7 Å². The summed E-state index contributed by atoms with van der Waals surface area (Å²) in [5.74, 6) is -0.0140. The Kier molecular flexibility index (Phi) is 5.68. The molecular weight excluding hydrogens is 396 g/mol. The van der Waals surface area contributed by atoms with Crippen molar-refractivity contribution < 1.29 is 9.59 Å². The number of carbonyl (C=O) groups is 2. The summed E-state index contributed by atoms with van der Waals surface area (Å²) in [5.41, 5.74) is 3.14. The summed E-state index contributed by atoms with van der Waals surface area (Å²) in [5, 5.41) is 3.31. The number of benzene rings is 1. The third kappa shape index (κ3) is 4.14. The molecule has 0 bridgehead atoms. The Morgan fingerprint density at radius 3 is 2.47 bits per heavy atom. The normalized spacial score (nSPS) is 19.8. The van der Waals surface area contributed by atoms with Gasteiger partial charge in [0.1, 0.15) is 6.04 Å². The largest absolute Gasteiger partial charge is 0.338 e. The second kappa shape index (κ2) is 8.12. The van der Waals surface area contributed by atoms with Crippen LogP contribution in [-0.2, 0) is 28.0 Å². The maximum atomic E-state index is 13.3. The highest BCUT2D eigenvalue weighted by Crippen LogP contribution is 2.33. The van der Waals surface area contributed by atoms with Crippen LogP contribution >= 0.6 is 11.3 Å². The van der Waals surface area contributed by atoms with Gasteiger partial charge in [-0.15, -0.1) is 11.3 Å². The van der Waals surface area contributed by atoms with Crippen molar-refractivity contribution in [2.75, 3.05) is 31.1 Å². The van der Waals surface area contributed by atoms with Gasteiger partial charge in [0.25, 0.3) is 0 Å². The van der Waals surface area contributed by atoms with Crippen molar-refractivity contribution in [3.63, 3.8) is 0 Å². The van der Waals surface area contributed by atoms with E-state index in [4.69, 9.17) is 4.98 Å². The van der Waals surface area contributed by atoms with Gasteiger partial charge in [-0.05, 0) is 11.6 Å². The number of para-hydroxylation sites is 1. The van der Waals surface area contributed by atoms with Crippen LogP contribution in [0.1, 0.15) is 44.0 Å². The van der Waals surface area contributed by atoms with E-state index >= 15 is 0 Å². The van der Waals surface area contributed by atoms with Crippen molar-refractivity contribution in [1.82, 2.24) is 14.8 Å². The van der Waals surface area contributed by atoms with Crippen LogP contribution in [0.3, 0.4) is 0 Å². The number of nitrogens with zero attached hydrogens (tertiary/aromatic N) is 4. The minimum Gasteiger partial charge on any atom is -0.338 e. The van der Waals surface area contributed by atoms with Gasteiger partial charge in [-0.25, -0.2) is 4.98 Å². The van der Waals surface area contributed by atoms with Gasteiger partial charge in [0, 0.05) is 62.6 Å². The monoisotopic (exact) mass is 426 g/mol. The zero-order valence-electron chi connectivity index (χ0n) is 18.2. The Morgan fingerprint density at radius 1 is 1.13 bits per heavy atom. The molecule has 160 valence electrons. The number of anilines is 1. The van der Waals surface area contributed by atoms with Gasteiger partial charge < -0.3 is 4.90 Å². The third-order valence-corrected chi connectivity index (χ3v) is 7.18. The Morgan fingerprint density at radius 2 is 1.83 bits per heavy atom. The third-order valence-electron chi connectivity index (χ3n) is 5.86. The van der Waals surface area contributed by atoms with E-state index in [9.17, 15) is 9.59 Å². The molecule has 0 aliphatic carbocycles. The molecule has 0 saturated carbocycles. The molecule has 3 heterocycles. The highest BCUT2D eigenvalue weighted by Gasteiger charge is 2.39. The van der Waals surface area contributed by atoms with Crippen molar-refractivity contribution >= 4 is 28.8 Å². The first-order valence-electron chi connectivity index (χ1n) is 10.6. The number of thiazole rings is 1. The zero-order valence-corrected chi connectivity index (χ0v) is 19.0. The van der Waals surface area contributed by atoms with Crippen molar-refractivity contribution in [2.45, 2.75) is 52.1 Å². The highest BCUT2D eigenvalue weighted by molar-refractivity contribution is 7.09. The van der Waals surface area contributed by atoms with E-state index in [0.29, 0.717) is 19.5 Å². The van der Waals surface area contributed by atoms with Gasteiger partial charge >= 0.3 is 0 Å². The molecular formula is C23H30N4O2S. The van der Waals surface area contributed by atoms with E-state index in [1.165, 1.54) is 0 Å². The number of fused-ring (bicyclic) bond motifs is 1. The number of hydrogen-bond acceptors (Lipinski definition) is 5. The average molecular weight is 427 g/mol. The first-order chi connectivity index (χ1) is 14.2. The molecule has 1 fully saturated rings. The smallest absolute Gasteiger partial charge is 0.246 e. The van der Waals surface area contributed by atoms with Gasteiger partial charge in [-0.3, -0.25) is 19.4 Å². The molecule has 0 unspecified atom stereocenters. The number of hydrogen-bond donors (Lipinski definition) is 0. The minimum absolute atomic E-state index is 0.0599. The molecule has 7 heteroatoms. The Balaban J connectivity index is 1.37. The maximum absolute atomic E-state index is 13.3. The lowest BCUT2D eigenvalue weighted by atomic mass is 9.98. The van der Waals surface area contributed by atoms with Crippen molar-refractivity contribution in [1.29, 1.82) is 0 Å². The lowest BCUT2D eigenvalue weighted by Crippen LogP contribution is -2.55. The van der Waals surface area contributed by atoms with Crippen molar-refractivity contribution in [3.8, 4) is 0 Å². The Bertz CT molecular complexity index is 941. The van der Waals surface area contributed by atoms with E-state index in [1.54, 1.807) is 23.2 Å². The van der Waals surface area contributed by atoms with Crippen molar-refractivity contribution in [2.24, 2.45) is 0 Å². The fraction of sp³-hybridized carbons (Fsp3) is 0.522. The van der Waals surface area contributed by atoms with Crippen LogP contribution in [0, 0.1) is 0 Å². The van der Waals surface area contributed by atoms with Crippen LogP contribution in [0.5, 0.6) is 0 Å². The molecule has 1 aromatic heterocycles. The molecule has 1 saturated heterocycles. The fourth-order valence-corrected chi connectivity index (χ4v) is 5.16. The standard InChI is InChI=1S/C23H30N4O2S/c1-16(28)27-19-8-6-5-7-17(19)13-20(27)21(29)26-11-9-25(10-12-26)14-18-15-30-22(24-18)23(2,3)4/h5-8,15,20H,9-14H2,1-4H3/t20-/m0/s1. The molecule has 2 amide bonds. The second-order valence-corrected chi connectivity index (χ2v) is 10.1. The van der Waals surface area contributed by atoms with Crippen LogP contribution in [0.25, 0.3) is 0 Å². The second-order valence-electron chi connectivity index (χ2n) is 9.23. The summed E-state index contributed by atoms with van der Waals surface area (Å²) in [6, 6.07) is 7.41. The number of piperazine rings is 1. The van der Waals surface area contributed by atoms with Gasteiger partial charge in [0.2, 0.25) is 11.8 Å². The summed E-state index contributed by atoms with van der Waals surface area (Å²) in [4.78, 5) is 36.3. The SMILES string of the molecule is CC(=O)N1c2ccccc2C[C@H]1C(=O)N1CCN(Cc2csc(C(C)(C)C)n2)CC1. The van der Waals surface area contributed by atoms with Gasteiger partial charge in [0.15, 0.2) is 0 Å². The number of aromatic nitrogens is 1. The van der Waals surface area contributed by atoms with Gasteiger partial charge in [-0.1, -0.05) is 39.0 Å². The molecule has 1 aromatic carbocycles. The van der Waals surface area contributed by atoms with Crippen LogP contribution in [0.2, 0.25) is 0 Å². The molecule has 0 spiro atoms. The average Bonchev–Trinajstić information content (AvgIpc) is 3.32. The van der Waals surface area contributed by atoms with E-state index < -0.39 is 6.04 Å². The van der Waals surface area contributed by atoms with Crippen LogP contribution in [-0.4, -0.2) is 58.8 Å². The molecule has 2 aliphatic heterocycles. The molecule has 2 aliphatic rings. The first-order valence-corrected chi connectivity index (χ1v) is 11.5. The quantitative estimate of drug-likeness (QED) is 0.757. The molecule has 1 atom stereocenters.